The number of carboxylic acids is 1. The van der Waals surface area contributed by atoms with Crippen LogP contribution in [-0.2, 0) is 11.3 Å². The molecular weight excluding hydrogens is 248 g/mol. The van der Waals surface area contributed by atoms with Crippen molar-refractivity contribution in [1.82, 2.24) is 19.9 Å². The molecule has 0 radical (unpaired) electrons. The molecule has 1 N–H and O–H groups in total. The molecule has 1 fully saturated rings. The largest absolute Gasteiger partial charge is 0.476 e. The molecule has 0 aliphatic heterocycles. The number of carboxylic acid groups (broad SMARTS) is 1. The Morgan fingerprint density at radius 2 is 2.16 bits per heavy atom. The zero-order valence-corrected chi connectivity index (χ0v) is 10.9. The molecule has 0 atom stereocenters. The molecule has 0 unspecified atom stereocenters. The number of hydrogen-bond acceptors (Lipinski definition) is 4. The van der Waals surface area contributed by atoms with Crippen molar-refractivity contribution in [2.75, 3.05) is 6.54 Å². The fourth-order valence-electron chi connectivity index (χ4n) is 2.56. The first kappa shape index (κ1) is 13.5. The first-order valence-corrected chi connectivity index (χ1v) is 6.54. The first-order chi connectivity index (χ1) is 9.11. The molecule has 1 aromatic heterocycles. The van der Waals surface area contributed by atoms with Crippen LogP contribution in [0.1, 0.15) is 43.1 Å². The normalized spacial score (nSPS) is 15.6. The predicted molar refractivity (Wildman–Crippen MR) is 66.6 cm³/mol. The summed E-state index contributed by atoms with van der Waals surface area (Å²) in [4.78, 5) is 24.7. The van der Waals surface area contributed by atoms with E-state index in [0.717, 1.165) is 12.8 Å². The number of hydrogen-bond donors (Lipinski definition) is 1. The number of aromatic nitrogens is 3. The topological polar surface area (TPSA) is 88.3 Å². The van der Waals surface area contributed by atoms with Crippen molar-refractivity contribution in [3.63, 3.8) is 0 Å². The molecule has 1 amide bonds. The second-order valence-electron chi connectivity index (χ2n) is 4.72. The van der Waals surface area contributed by atoms with Gasteiger partial charge < -0.3 is 10.0 Å². The van der Waals surface area contributed by atoms with Gasteiger partial charge in [-0.2, -0.15) is 0 Å². The molecule has 0 spiro atoms. The van der Waals surface area contributed by atoms with Crippen LogP contribution in [0.2, 0.25) is 0 Å². The molecule has 1 heterocycles. The second-order valence-corrected chi connectivity index (χ2v) is 4.72. The lowest BCUT2D eigenvalue weighted by Crippen LogP contribution is -2.40. The summed E-state index contributed by atoms with van der Waals surface area (Å²) in [7, 11) is 0. The maximum Gasteiger partial charge on any atom is 0.358 e. The van der Waals surface area contributed by atoms with Gasteiger partial charge in [-0.3, -0.25) is 4.79 Å². The van der Waals surface area contributed by atoms with Gasteiger partial charge in [-0.1, -0.05) is 18.1 Å². The van der Waals surface area contributed by atoms with Crippen LogP contribution in [0.3, 0.4) is 0 Å². The van der Waals surface area contributed by atoms with E-state index in [1.165, 1.54) is 23.7 Å². The molecule has 19 heavy (non-hydrogen) atoms. The lowest BCUT2D eigenvalue weighted by atomic mass is 10.2. The van der Waals surface area contributed by atoms with Crippen molar-refractivity contribution in [3.8, 4) is 0 Å². The number of carbonyl (C=O) groups is 2. The van der Waals surface area contributed by atoms with E-state index in [1.54, 1.807) is 0 Å². The Morgan fingerprint density at radius 3 is 2.68 bits per heavy atom. The Labute approximate surface area is 111 Å². The summed E-state index contributed by atoms with van der Waals surface area (Å²) in [6.45, 7) is 2.68. The number of likely N-dealkylation sites (N-methyl/N-ethyl adjacent to an activating group) is 1. The van der Waals surface area contributed by atoms with Crippen molar-refractivity contribution in [2.24, 2.45) is 0 Å². The molecule has 0 saturated heterocycles. The highest BCUT2D eigenvalue weighted by atomic mass is 16.4. The molecule has 1 aliphatic carbocycles. The van der Waals surface area contributed by atoms with Crippen molar-refractivity contribution in [3.05, 3.63) is 11.9 Å². The summed E-state index contributed by atoms with van der Waals surface area (Å²) in [6.07, 6.45) is 5.72. The highest BCUT2D eigenvalue weighted by Gasteiger charge is 2.25. The van der Waals surface area contributed by atoms with Gasteiger partial charge in [0.05, 0.1) is 6.20 Å². The number of aromatic carboxylic acids is 1. The van der Waals surface area contributed by atoms with Crippen molar-refractivity contribution in [2.45, 2.75) is 45.2 Å². The van der Waals surface area contributed by atoms with E-state index in [-0.39, 0.29) is 18.1 Å². The van der Waals surface area contributed by atoms with E-state index in [0.29, 0.717) is 12.6 Å². The summed E-state index contributed by atoms with van der Waals surface area (Å²) >= 11 is 0. The number of carbonyl (C=O) groups excluding carboxylic acids is 1. The van der Waals surface area contributed by atoms with Crippen LogP contribution in [-0.4, -0.2) is 49.5 Å². The third kappa shape index (κ3) is 3.10. The van der Waals surface area contributed by atoms with E-state index in [9.17, 15) is 9.59 Å². The van der Waals surface area contributed by atoms with Gasteiger partial charge in [-0.25, -0.2) is 9.48 Å². The van der Waals surface area contributed by atoms with E-state index in [2.05, 4.69) is 10.3 Å². The molecule has 1 aliphatic rings. The van der Waals surface area contributed by atoms with Crippen LogP contribution >= 0.6 is 0 Å². The van der Waals surface area contributed by atoms with Crippen LogP contribution in [0.4, 0.5) is 0 Å². The monoisotopic (exact) mass is 266 g/mol. The third-order valence-corrected chi connectivity index (χ3v) is 3.48. The van der Waals surface area contributed by atoms with Crippen LogP contribution in [0.15, 0.2) is 6.20 Å². The molecule has 0 aromatic carbocycles. The number of rotatable bonds is 5. The summed E-state index contributed by atoms with van der Waals surface area (Å²) in [6, 6.07) is 0.319. The average Bonchev–Trinajstić information content (AvgIpc) is 3.01. The Morgan fingerprint density at radius 1 is 1.47 bits per heavy atom. The molecule has 1 aromatic rings. The minimum atomic E-state index is -1.14. The molecule has 1 saturated carbocycles. The van der Waals surface area contributed by atoms with Gasteiger partial charge in [0.25, 0.3) is 0 Å². The van der Waals surface area contributed by atoms with E-state index >= 15 is 0 Å². The molecular formula is C12H18N4O3. The van der Waals surface area contributed by atoms with Gasteiger partial charge >= 0.3 is 5.97 Å². The predicted octanol–water partition coefficient (Wildman–Crippen LogP) is 0.767. The number of nitrogens with zero attached hydrogens (tertiary/aromatic N) is 4. The summed E-state index contributed by atoms with van der Waals surface area (Å²) in [5.74, 6) is -1.17. The maximum absolute atomic E-state index is 12.2. The van der Waals surface area contributed by atoms with E-state index in [1.807, 2.05) is 11.8 Å². The highest BCUT2D eigenvalue weighted by molar-refractivity contribution is 5.84. The van der Waals surface area contributed by atoms with Gasteiger partial charge in [-0.15, -0.1) is 5.10 Å². The Hall–Kier alpha value is -1.92. The fourth-order valence-corrected chi connectivity index (χ4v) is 2.56. The average molecular weight is 266 g/mol. The minimum absolute atomic E-state index is 0.0313. The molecule has 2 rings (SSSR count). The van der Waals surface area contributed by atoms with Gasteiger partial charge in [0.1, 0.15) is 6.54 Å². The zero-order valence-electron chi connectivity index (χ0n) is 10.9. The minimum Gasteiger partial charge on any atom is -0.476 e. The van der Waals surface area contributed by atoms with Crippen LogP contribution in [0.5, 0.6) is 0 Å². The maximum atomic E-state index is 12.2. The fraction of sp³-hybridized carbons (Fsp3) is 0.667. The van der Waals surface area contributed by atoms with Crippen molar-refractivity contribution < 1.29 is 14.7 Å². The van der Waals surface area contributed by atoms with Gasteiger partial charge in [0, 0.05) is 12.6 Å². The third-order valence-electron chi connectivity index (χ3n) is 3.48. The van der Waals surface area contributed by atoms with Crippen LogP contribution in [0.25, 0.3) is 0 Å². The smallest absolute Gasteiger partial charge is 0.358 e. The Bertz CT molecular complexity index is 465. The first-order valence-electron chi connectivity index (χ1n) is 6.54. The van der Waals surface area contributed by atoms with E-state index in [4.69, 9.17) is 5.11 Å². The quantitative estimate of drug-likeness (QED) is 0.850. The van der Waals surface area contributed by atoms with Crippen LogP contribution < -0.4 is 0 Å². The van der Waals surface area contributed by atoms with Gasteiger partial charge in [0.2, 0.25) is 5.91 Å². The highest BCUT2D eigenvalue weighted by Crippen LogP contribution is 2.23. The zero-order chi connectivity index (χ0) is 13.8. The van der Waals surface area contributed by atoms with Crippen molar-refractivity contribution >= 4 is 11.9 Å². The van der Waals surface area contributed by atoms with E-state index < -0.39 is 5.97 Å². The number of amides is 1. The molecule has 7 nitrogen and oxygen atoms in total. The van der Waals surface area contributed by atoms with Gasteiger partial charge in [0.15, 0.2) is 5.69 Å². The van der Waals surface area contributed by atoms with Crippen molar-refractivity contribution in [1.29, 1.82) is 0 Å². The standard InChI is InChI=1S/C12H18N4O3/c1-2-16(9-5-3-4-6-9)11(17)8-15-7-10(12(18)19)13-14-15/h7,9H,2-6,8H2,1H3,(H,18,19). The second kappa shape index (κ2) is 5.81. The molecule has 104 valence electrons. The lowest BCUT2D eigenvalue weighted by molar-refractivity contribution is -0.134. The van der Waals surface area contributed by atoms with Crippen LogP contribution in [0, 0.1) is 0 Å². The summed E-state index contributed by atoms with van der Waals surface area (Å²) in [5.41, 5.74) is -0.142. The molecule has 0 bridgehead atoms. The van der Waals surface area contributed by atoms with Gasteiger partial charge in [-0.05, 0) is 19.8 Å². The Kier molecular flexibility index (Phi) is 4.13. The SMILES string of the molecule is CCN(C(=O)Cn1cc(C(=O)O)nn1)C1CCCC1. The summed E-state index contributed by atoms with van der Waals surface area (Å²) < 4.78 is 1.28. The molecule has 7 heteroatoms. The summed E-state index contributed by atoms with van der Waals surface area (Å²) in [5, 5.41) is 15.9. The Balaban J connectivity index is 1.99. The lowest BCUT2D eigenvalue weighted by Gasteiger charge is -2.27.